The zero-order chi connectivity index (χ0) is 11.5. The minimum absolute atomic E-state index is 0.0702. The summed E-state index contributed by atoms with van der Waals surface area (Å²) in [5.74, 6) is 2.58. The van der Waals surface area contributed by atoms with Gasteiger partial charge < -0.3 is 10.0 Å². The Morgan fingerprint density at radius 1 is 1.38 bits per heavy atom. The van der Waals surface area contributed by atoms with Gasteiger partial charge in [-0.1, -0.05) is 19.9 Å². The van der Waals surface area contributed by atoms with Crippen LogP contribution in [0.2, 0.25) is 0 Å². The van der Waals surface area contributed by atoms with Crippen LogP contribution in [0.25, 0.3) is 0 Å². The molecule has 2 unspecified atom stereocenters. The van der Waals surface area contributed by atoms with Crippen LogP contribution in [0.15, 0.2) is 18.3 Å². The number of pyridine rings is 1. The highest BCUT2D eigenvalue weighted by atomic mass is 16.3. The highest BCUT2D eigenvalue weighted by molar-refractivity contribution is 5.39. The summed E-state index contributed by atoms with van der Waals surface area (Å²) < 4.78 is 0. The van der Waals surface area contributed by atoms with Gasteiger partial charge in [0.1, 0.15) is 5.82 Å². The van der Waals surface area contributed by atoms with Crippen LogP contribution in [0.5, 0.6) is 0 Å². The number of aliphatic hydroxyl groups is 1. The van der Waals surface area contributed by atoms with Crippen molar-refractivity contribution in [3.8, 4) is 0 Å². The molecule has 88 valence electrons. The van der Waals surface area contributed by atoms with E-state index in [0.717, 1.165) is 36.3 Å². The molecule has 2 atom stereocenters. The predicted octanol–water partition coefficient (Wildman–Crippen LogP) is 2.06. The fraction of sp³-hybridized carbons (Fsp3) is 0.615. The molecule has 2 rings (SSSR count). The Kier molecular flexibility index (Phi) is 3.44. The summed E-state index contributed by atoms with van der Waals surface area (Å²) in [6, 6.07) is 3.96. The van der Waals surface area contributed by atoms with E-state index in [0.29, 0.717) is 0 Å². The fourth-order valence-corrected chi connectivity index (χ4v) is 2.17. The number of nitrogens with zero attached hydrogens (tertiary/aromatic N) is 2. The Balaban J connectivity index is 2.06. The zero-order valence-corrected chi connectivity index (χ0v) is 10.1. The third-order valence-electron chi connectivity index (χ3n) is 3.65. The Morgan fingerprint density at radius 3 is 2.75 bits per heavy atom. The maximum atomic E-state index is 8.96. The lowest BCUT2D eigenvalue weighted by molar-refractivity contribution is 0.281. The number of aliphatic hydroxyl groups excluding tert-OH is 1. The standard InChI is InChI=1S/C13H20N2O/c1-10-5-6-15(8-11(10)2)13-4-3-12(9-16)7-14-13/h3-4,7,10-11,16H,5-6,8-9H2,1-2H3. The molecule has 1 aromatic rings. The molecule has 0 saturated carbocycles. The van der Waals surface area contributed by atoms with Crippen LogP contribution in [0.3, 0.4) is 0 Å². The summed E-state index contributed by atoms with van der Waals surface area (Å²) in [6.45, 7) is 6.88. The van der Waals surface area contributed by atoms with Crippen molar-refractivity contribution in [2.45, 2.75) is 26.9 Å². The Morgan fingerprint density at radius 2 is 2.19 bits per heavy atom. The molecule has 1 aliphatic rings. The van der Waals surface area contributed by atoms with E-state index in [2.05, 4.69) is 23.7 Å². The molecule has 1 N–H and O–H groups in total. The first-order valence-corrected chi connectivity index (χ1v) is 6.01. The normalized spacial score (nSPS) is 25.8. The summed E-state index contributed by atoms with van der Waals surface area (Å²) >= 11 is 0. The summed E-state index contributed by atoms with van der Waals surface area (Å²) in [5.41, 5.74) is 0.877. The molecule has 16 heavy (non-hydrogen) atoms. The van der Waals surface area contributed by atoms with E-state index >= 15 is 0 Å². The first-order chi connectivity index (χ1) is 7.70. The summed E-state index contributed by atoms with van der Waals surface area (Å²) in [6.07, 6.45) is 3.00. The molecule has 3 heteroatoms. The highest BCUT2D eigenvalue weighted by Gasteiger charge is 2.23. The maximum Gasteiger partial charge on any atom is 0.128 e. The number of hydrogen-bond acceptors (Lipinski definition) is 3. The topological polar surface area (TPSA) is 36.4 Å². The third-order valence-corrected chi connectivity index (χ3v) is 3.65. The van der Waals surface area contributed by atoms with Crippen molar-refractivity contribution in [2.24, 2.45) is 11.8 Å². The average Bonchev–Trinajstić information content (AvgIpc) is 2.33. The molecule has 1 aromatic heterocycles. The monoisotopic (exact) mass is 220 g/mol. The van der Waals surface area contributed by atoms with Crippen molar-refractivity contribution in [3.05, 3.63) is 23.9 Å². The van der Waals surface area contributed by atoms with Gasteiger partial charge in [-0.2, -0.15) is 0 Å². The minimum atomic E-state index is 0.0702. The second-order valence-electron chi connectivity index (χ2n) is 4.87. The van der Waals surface area contributed by atoms with Crippen LogP contribution < -0.4 is 4.90 Å². The molecule has 0 radical (unpaired) electrons. The number of aromatic nitrogens is 1. The quantitative estimate of drug-likeness (QED) is 0.828. The summed E-state index contributed by atoms with van der Waals surface area (Å²) in [5, 5.41) is 8.96. The molecular weight excluding hydrogens is 200 g/mol. The van der Waals surface area contributed by atoms with Crippen molar-refractivity contribution < 1.29 is 5.11 Å². The van der Waals surface area contributed by atoms with Crippen molar-refractivity contribution in [3.63, 3.8) is 0 Å². The molecule has 0 aliphatic carbocycles. The van der Waals surface area contributed by atoms with Gasteiger partial charge in [-0.25, -0.2) is 4.98 Å². The number of rotatable bonds is 2. The van der Waals surface area contributed by atoms with Gasteiger partial charge in [0, 0.05) is 19.3 Å². The van der Waals surface area contributed by atoms with Crippen LogP contribution >= 0.6 is 0 Å². The van der Waals surface area contributed by atoms with Crippen LogP contribution in [0.4, 0.5) is 5.82 Å². The molecule has 0 aromatic carbocycles. The van der Waals surface area contributed by atoms with Crippen molar-refractivity contribution >= 4 is 5.82 Å². The average molecular weight is 220 g/mol. The van der Waals surface area contributed by atoms with Gasteiger partial charge in [0.15, 0.2) is 0 Å². The van der Waals surface area contributed by atoms with Gasteiger partial charge in [-0.3, -0.25) is 0 Å². The molecule has 1 saturated heterocycles. The second-order valence-corrected chi connectivity index (χ2v) is 4.87. The van der Waals surface area contributed by atoms with Crippen LogP contribution in [-0.2, 0) is 6.61 Å². The van der Waals surface area contributed by atoms with E-state index in [4.69, 9.17) is 5.11 Å². The van der Waals surface area contributed by atoms with E-state index in [1.54, 1.807) is 6.20 Å². The number of hydrogen-bond donors (Lipinski definition) is 1. The maximum absolute atomic E-state index is 8.96. The smallest absolute Gasteiger partial charge is 0.128 e. The third kappa shape index (κ3) is 2.35. The number of piperidine rings is 1. The van der Waals surface area contributed by atoms with E-state index in [1.165, 1.54) is 6.42 Å². The molecule has 3 nitrogen and oxygen atoms in total. The van der Waals surface area contributed by atoms with E-state index in [9.17, 15) is 0 Å². The lowest BCUT2D eigenvalue weighted by atomic mass is 9.89. The van der Waals surface area contributed by atoms with Crippen LogP contribution in [0, 0.1) is 11.8 Å². The lowest BCUT2D eigenvalue weighted by Gasteiger charge is -2.36. The minimum Gasteiger partial charge on any atom is -0.392 e. The lowest BCUT2D eigenvalue weighted by Crippen LogP contribution is -2.38. The number of anilines is 1. The van der Waals surface area contributed by atoms with Crippen molar-refractivity contribution in [1.29, 1.82) is 0 Å². The van der Waals surface area contributed by atoms with Crippen LogP contribution in [0.1, 0.15) is 25.8 Å². The van der Waals surface area contributed by atoms with Gasteiger partial charge in [0.05, 0.1) is 6.61 Å². The highest BCUT2D eigenvalue weighted by Crippen LogP contribution is 2.25. The Bertz CT molecular complexity index is 336. The van der Waals surface area contributed by atoms with Crippen molar-refractivity contribution in [2.75, 3.05) is 18.0 Å². The van der Waals surface area contributed by atoms with Gasteiger partial charge >= 0.3 is 0 Å². The molecule has 2 heterocycles. The SMILES string of the molecule is CC1CCN(c2ccc(CO)cn2)CC1C. The molecule has 1 fully saturated rings. The first kappa shape index (κ1) is 11.4. The molecule has 0 amide bonds. The predicted molar refractivity (Wildman–Crippen MR) is 65.3 cm³/mol. The Hall–Kier alpha value is -1.09. The molecule has 0 bridgehead atoms. The fourth-order valence-electron chi connectivity index (χ4n) is 2.17. The van der Waals surface area contributed by atoms with Gasteiger partial charge in [-0.15, -0.1) is 0 Å². The van der Waals surface area contributed by atoms with E-state index in [1.807, 2.05) is 12.1 Å². The first-order valence-electron chi connectivity index (χ1n) is 6.01. The largest absolute Gasteiger partial charge is 0.392 e. The summed E-state index contributed by atoms with van der Waals surface area (Å²) in [4.78, 5) is 6.74. The van der Waals surface area contributed by atoms with Gasteiger partial charge in [-0.05, 0) is 29.9 Å². The summed E-state index contributed by atoms with van der Waals surface area (Å²) in [7, 11) is 0. The van der Waals surface area contributed by atoms with Crippen molar-refractivity contribution in [1.82, 2.24) is 4.98 Å². The molecule has 0 spiro atoms. The van der Waals surface area contributed by atoms with E-state index < -0.39 is 0 Å². The molecule has 1 aliphatic heterocycles. The van der Waals surface area contributed by atoms with Crippen LogP contribution in [-0.4, -0.2) is 23.2 Å². The zero-order valence-electron chi connectivity index (χ0n) is 10.1. The molecular formula is C13H20N2O. The Labute approximate surface area is 97.1 Å². The van der Waals surface area contributed by atoms with Gasteiger partial charge in [0.25, 0.3) is 0 Å². The van der Waals surface area contributed by atoms with Gasteiger partial charge in [0.2, 0.25) is 0 Å². The van der Waals surface area contributed by atoms with E-state index in [-0.39, 0.29) is 6.61 Å². The second kappa shape index (κ2) is 4.83.